The number of hydrogen-bond donors (Lipinski definition) is 1. The summed E-state index contributed by atoms with van der Waals surface area (Å²) in [6.45, 7) is 0. The number of para-hydroxylation sites is 1. The van der Waals surface area contributed by atoms with Crippen molar-refractivity contribution in [3.05, 3.63) is 64.5 Å². The summed E-state index contributed by atoms with van der Waals surface area (Å²) in [4.78, 5) is 13.6. The second-order valence-electron chi connectivity index (χ2n) is 5.81. The lowest BCUT2D eigenvalue weighted by Gasteiger charge is -2.20. The highest BCUT2D eigenvalue weighted by Crippen LogP contribution is 2.46. The van der Waals surface area contributed by atoms with Crippen LogP contribution in [0.4, 0.5) is 0 Å². The second-order valence-corrected chi connectivity index (χ2v) is 6.87. The largest absolute Gasteiger partial charge is 0.507 e. The first-order valence-corrected chi connectivity index (χ1v) is 8.62. The highest BCUT2D eigenvalue weighted by molar-refractivity contribution is 7.17. The van der Waals surface area contributed by atoms with Gasteiger partial charge in [-0.15, -0.1) is 11.3 Å². The topological polar surface area (TPSA) is 46.5 Å². The zero-order valence-electron chi connectivity index (χ0n) is 13.2. The third-order valence-electron chi connectivity index (χ3n) is 4.43. The lowest BCUT2D eigenvalue weighted by atomic mass is 9.86. The van der Waals surface area contributed by atoms with E-state index in [4.69, 9.17) is 4.74 Å². The number of carbonyl (C=O) groups excluding carboxylic acids is 1. The van der Waals surface area contributed by atoms with Crippen molar-refractivity contribution in [3.63, 3.8) is 0 Å². The minimum Gasteiger partial charge on any atom is -0.507 e. The van der Waals surface area contributed by atoms with Crippen molar-refractivity contribution in [1.29, 1.82) is 0 Å². The molecule has 1 heterocycles. The van der Waals surface area contributed by atoms with E-state index in [-0.39, 0.29) is 11.7 Å². The molecule has 1 aromatic heterocycles. The fourth-order valence-corrected chi connectivity index (χ4v) is 4.52. The predicted molar refractivity (Wildman–Crippen MR) is 95.6 cm³/mol. The van der Waals surface area contributed by atoms with Crippen LogP contribution in [0.2, 0.25) is 0 Å². The molecule has 2 aromatic carbocycles. The molecule has 0 bridgehead atoms. The van der Waals surface area contributed by atoms with Crippen LogP contribution >= 0.6 is 11.3 Å². The highest BCUT2D eigenvalue weighted by atomic mass is 32.1. The van der Waals surface area contributed by atoms with Gasteiger partial charge in [0, 0.05) is 16.0 Å². The molecule has 1 aliphatic carbocycles. The summed E-state index contributed by atoms with van der Waals surface area (Å²) < 4.78 is 4.87. The van der Waals surface area contributed by atoms with Crippen molar-refractivity contribution in [1.82, 2.24) is 0 Å². The lowest BCUT2D eigenvalue weighted by Crippen LogP contribution is -2.02. The molecule has 1 aliphatic rings. The summed E-state index contributed by atoms with van der Waals surface area (Å²) in [5.41, 5.74) is 5.37. The Morgan fingerprint density at radius 3 is 2.58 bits per heavy atom. The van der Waals surface area contributed by atoms with E-state index in [1.165, 1.54) is 29.6 Å². The number of phenolic OH excluding ortho intramolecular Hbond substituents is 1. The first-order valence-electron chi connectivity index (χ1n) is 7.80. The summed E-state index contributed by atoms with van der Waals surface area (Å²) in [5.74, 6) is -0.0289. The van der Waals surface area contributed by atoms with Gasteiger partial charge in [0.05, 0.1) is 7.11 Å². The Bertz CT molecular complexity index is 940. The Kier molecular flexibility index (Phi) is 3.62. The number of esters is 1. The fourth-order valence-electron chi connectivity index (χ4n) is 3.30. The van der Waals surface area contributed by atoms with E-state index in [1.807, 2.05) is 36.4 Å². The van der Waals surface area contributed by atoms with Crippen LogP contribution < -0.4 is 0 Å². The smallest absolute Gasteiger partial charge is 0.348 e. The van der Waals surface area contributed by atoms with Crippen LogP contribution in [0.1, 0.15) is 20.8 Å². The third kappa shape index (κ3) is 2.31. The Morgan fingerprint density at radius 2 is 1.79 bits per heavy atom. The number of benzene rings is 2. The first kappa shape index (κ1) is 15.0. The van der Waals surface area contributed by atoms with Gasteiger partial charge in [0.1, 0.15) is 10.6 Å². The van der Waals surface area contributed by atoms with Crippen LogP contribution in [0.25, 0.3) is 21.6 Å². The van der Waals surface area contributed by atoms with Gasteiger partial charge in [0.15, 0.2) is 0 Å². The molecule has 0 radical (unpaired) electrons. The average Bonchev–Trinajstić information content (AvgIpc) is 3.05. The second kappa shape index (κ2) is 5.80. The predicted octanol–water partition coefficient (Wildman–Crippen LogP) is 4.67. The van der Waals surface area contributed by atoms with Crippen LogP contribution in [-0.4, -0.2) is 18.2 Å². The van der Waals surface area contributed by atoms with Crippen molar-refractivity contribution in [2.45, 2.75) is 12.8 Å². The van der Waals surface area contributed by atoms with Gasteiger partial charge in [-0.05, 0) is 41.7 Å². The zero-order valence-corrected chi connectivity index (χ0v) is 14.0. The number of aryl methyl sites for hydroxylation is 2. The summed E-state index contributed by atoms with van der Waals surface area (Å²) >= 11 is 1.47. The minimum atomic E-state index is -0.295. The standard InChI is InChI=1S/C20H16O3S/c1-23-20(22)17-11-13-10-9-12-5-4-7-15(18(12)19(13)24-17)14-6-2-3-8-16(14)21/h2-8,11,21H,9-10H2,1H3. The van der Waals surface area contributed by atoms with Gasteiger partial charge in [-0.2, -0.15) is 0 Å². The van der Waals surface area contributed by atoms with E-state index in [1.54, 1.807) is 6.07 Å². The van der Waals surface area contributed by atoms with E-state index in [0.29, 0.717) is 4.88 Å². The van der Waals surface area contributed by atoms with E-state index in [0.717, 1.165) is 34.4 Å². The molecule has 0 amide bonds. The van der Waals surface area contributed by atoms with Gasteiger partial charge >= 0.3 is 5.97 Å². The van der Waals surface area contributed by atoms with E-state index >= 15 is 0 Å². The zero-order chi connectivity index (χ0) is 16.7. The Hall–Kier alpha value is -2.59. The molecule has 0 atom stereocenters. The van der Waals surface area contributed by atoms with Crippen molar-refractivity contribution in [2.75, 3.05) is 7.11 Å². The Labute approximate surface area is 144 Å². The first-order chi connectivity index (χ1) is 11.7. The van der Waals surface area contributed by atoms with E-state index < -0.39 is 0 Å². The fraction of sp³-hybridized carbons (Fsp3) is 0.150. The minimum absolute atomic E-state index is 0.266. The molecule has 0 saturated carbocycles. The maximum Gasteiger partial charge on any atom is 0.348 e. The van der Waals surface area contributed by atoms with Gasteiger partial charge in [-0.25, -0.2) is 4.79 Å². The molecule has 0 spiro atoms. The van der Waals surface area contributed by atoms with Crippen LogP contribution in [0.3, 0.4) is 0 Å². The summed E-state index contributed by atoms with van der Waals surface area (Å²) in [6, 6.07) is 15.5. The molecule has 0 unspecified atom stereocenters. The molecule has 3 nitrogen and oxygen atoms in total. The van der Waals surface area contributed by atoms with Crippen molar-refractivity contribution in [3.8, 4) is 27.3 Å². The Balaban J connectivity index is 1.95. The van der Waals surface area contributed by atoms with Crippen LogP contribution in [-0.2, 0) is 17.6 Å². The molecular formula is C20H16O3S. The van der Waals surface area contributed by atoms with E-state index in [2.05, 4.69) is 6.07 Å². The maximum atomic E-state index is 11.9. The molecule has 0 saturated heterocycles. The maximum absolute atomic E-state index is 11.9. The van der Waals surface area contributed by atoms with Crippen LogP contribution in [0.15, 0.2) is 48.5 Å². The number of hydrogen-bond acceptors (Lipinski definition) is 4. The van der Waals surface area contributed by atoms with Crippen molar-refractivity contribution in [2.24, 2.45) is 0 Å². The molecule has 4 heteroatoms. The van der Waals surface area contributed by atoms with E-state index in [9.17, 15) is 9.90 Å². The van der Waals surface area contributed by atoms with Gasteiger partial charge in [0.25, 0.3) is 0 Å². The Morgan fingerprint density at radius 1 is 1.04 bits per heavy atom. The molecule has 3 aromatic rings. The number of carbonyl (C=O) groups is 1. The molecular weight excluding hydrogens is 320 g/mol. The molecule has 24 heavy (non-hydrogen) atoms. The summed E-state index contributed by atoms with van der Waals surface area (Å²) in [7, 11) is 1.41. The van der Waals surface area contributed by atoms with Gasteiger partial charge < -0.3 is 9.84 Å². The number of phenols is 1. The summed E-state index contributed by atoms with van der Waals surface area (Å²) in [6.07, 6.45) is 1.85. The number of fused-ring (bicyclic) bond motifs is 3. The van der Waals surface area contributed by atoms with Crippen LogP contribution in [0, 0.1) is 0 Å². The number of aromatic hydroxyl groups is 1. The number of methoxy groups -OCH3 is 1. The molecule has 0 aliphatic heterocycles. The van der Waals surface area contributed by atoms with Gasteiger partial charge in [-0.1, -0.05) is 36.4 Å². The van der Waals surface area contributed by atoms with Gasteiger partial charge in [-0.3, -0.25) is 0 Å². The van der Waals surface area contributed by atoms with Gasteiger partial charge in [0.2, 0.25) is 0 Å². The number of ether oxygens (including phenoxy) is 1. The monoisotopic (exact) mass is 336 g/mol. The molecule has 1 N–H and O–H groups in total. The van der Waals surface area contributed by atoms with Crippen molar-refractivity contribution >= 4 is 17.3 Å². The molecule has 120 valence electrons. The highest BCUT2D eigenvalue weighted by Gasteiger charge is 2.25. The summed E-state index contributed by atoms with van der Waals surface area (Å²) in [5, 5.41) is 10.3. The quantitative estimate of drug-likeness (QED) is 0.692. The lowest BCUT2D eigenvalue weighted by molar-refractivity contribution is 0.0606. The number of thiophene rings is 1. The van der Waals surface area contributed by atoms with Crippen molar-refractivity contribution < 1.29 is 14.6 Å². The molecule has 0 fully saturated rings. The molecule has 4 rings (SSSR count). The SMILES string of the molecule is COC(=O)c1cc2c(s1)-c1c(cccc1-c1ccccc1O)CC2. The third-order valence-corrected chi connectivity index (χ3v) is 5.61. The average molecular weight is 336 g/mol. The number of rotatable bonds is 2. The normalized spacial score (nSPS) is 12.4. The van der Waals surface area contributed by atoms with Crippen LogP contribution in [0.5, 0.6) is 5.75 Å².